The minimum atomic E-state index is 0.533. The Morgan fingerprint density at radius 1 is 0.962 bits per heavy atom. The van der Waals surface area contributed by atoms with Gasteiger partial charge in [0.05, 0.1) is 0 Å². The fraction of sp³-hybridized carbons (Fsp3) is 0.316. The van der Waals surface area contributed by atoms with Gasteiger partial charge in [-0.3, -0.25) is 0 Å². The first-order chi connectivity index (χ1) is 12.9. The molecule has 0 radical (unpaired) electrons. The SMILES string of the molecule is c1ccc(Nc2cc(C[C@H]3CCCN(c4ncccn4)C3)ncn2)nc1. The molecule has 0 spiro atoms. The van der Waals surface area contributed by atoms with Crippen LogP contribution in [0.3, 0.4) is 0 Å². The van der Waals surface area contributed by atoms with Gasteiger partial charge in [-0.15, -0.1) is 0 Å². The molecule has 3 aromatic heterocycles. The highest BCUT2D eigenvalue weighted by molar-refractivity contribution is 5.51. The standard InChI is InChI=1S/C19H21N7/c1-2-7-20-17(6-1)25-18-12-16(23-14-24-18)11-15-5-3-10-26(13-15)19-21-8-4-9-22-19/h1-2,4,6-9,12,14-15H,3,5,10-11,13H2,(H,20,23,24,25)/t15-/m1/s1. The van der Waals surface area contributed by atoms with E-state index in [9.17, 15) is 0 Å². The third-order valence-electron chi connectivity index (χ3n) is 4.50. The second-order valence-corrected chi connectivity index (χ2v) is 6.44. The number of nitrogens with zero attached hydrogens (tertiary/aromatic N) is 6. The maximum atomic E-state index is 4.45. The fourth-order valence-corrected chi connectivity index (χ4v) is 3.31. The number of rotatable bonds is 5. The molecular weight excluding hydrogens is 326 g/mol. The van der Waals surface area contributed by atoms with Crippen molar-refractivity contribution in [3.05, 3.63) is 60.9 Å². The van der Waals surface area contributed by atoms with E-state index in [0.717, 1.165) is 49.2 Å². The van der Waals surface area contributed by atoms with Crippen LogP contribution in [0.25, 0.3) is 0 Å². The minimum Gasteiger partial charge on any atom is -0.341 e. The van der Waals surface area contributed by atoms with E-state index in [-0.39, 0.29) is 0 Å². The van der Waals surface area contributed by atoms with Crippen molar-refractivity contribution in [2.45, 2.75) is 19.3 Å². The Kier molecular flexibility index (Phi) is 4.95. The lowest BCUT2D eigenvalue weighted by Crippen LogP contribution is -2.37. The number of piperidine rings is 1. The summed E-state index contributed by atoms with van der Waals surface area (Å²) in [6.45, 7) is 1.97. The lowest BCUT2D eigenvalue weighted by molar-refractivity contribution is 0.406. The predicted molar refractivity (Wildman–Crippen MR) is 100 cm³/mol. The molecule has 26 heavy (non-hydrogen) atoms. The van der Waals surface area contributed by atoms with Gasteiger partial charge in [0.25, 0.3) is 0 Å². The number of pyridine rings is 1. The summed E-state index contributed by atoms with van der Waals surface area (Å²) in [5.74, 6) is 2.90. The van der Waals surface area contributed by atoms with Crippen LogP contribution in [0, 0.1) is 5.92 Å². The van der Waals surface area contributed by atoms with E-state index in [1.54, 1.807) is 24.9 Å². The second kappa shape index (κ2) is 7.86. The molecule has 4 rings (SSSR count). The van der Waals surface area contributed by atoms with E-state index in [1.165, 1.54) is 6.42 Å². The second-order valence-electron chi connectivity index (χ2n) is 6.44. The zero-order valence-corrected chi connectivity index (χ0v) is 14.5. The Morgan fingerprint density at radius 3 is 2.69 bits per heavy atom. The van der Waals surface area contributed by atoms with E-state index in [1.807, 2.05) is 30.3 Å². The number of hydrogen-bond acceptors (Lipinski definition) is 7. The Morgan fingerprint density at radius 2 is 1.85 bits per heavy atom. The molecule has 1 N–H and O–H groups in total. The molecule has 0 amide bonds. The maximum Gasteiger partial charge on any atom is 0.225 e. The molecule has 0 unspecified atom stereocenters. The van der Waals surface area contributed by atoms with E-state index in [0.29, 0.717) is 5.92 Å². The number of aromatic nitrogens is 5. The highest BCUT2D eigenvalue weighted by atomic mass is 15.2. The largest absolute Gasteiger partial charge is 0.341 e. The molecule has 1 fully saturated rings. The minimum absolute atomic E-state index is 0.533. The van der Waals surface area contributed by atoms with Crippen LogP contribution in [-0.4, -0.2) is 38.0 Å². The Labute approximate surface area is 152 Å². The van der Waals surface area contributed by atoms with Crippen molar-refractivity contribution in [3.8, 4) is 0 Å². The summed E-state index contributed by atoms with van der Waals surface area (Å²) in [5.41, 5.74) is 1.04. The van der Waals surface area contributed by atoms with Crippen LogP contribution in [0.2, 0.25) is 0 Å². The molecule has 7 heteroatoms. The molecule has 0 saturated carbocycles. The van der Waals surface area contributed by atoms with Crippen LogP contribution in [-0.2, 0) is 6.42 Å². The van der Waals surface area contributed by atoms with Gasteiger partial charge in [-0.05, 0) is 43.4 Å². The van der Waals surface area contributed by atoms with Crippen molar-refractivity contribution in [1.82, 2.24) is 24.9 Å². The number of hydrogen-bond donors (Lipinski definition) is 1. The summed E-state index contributed by atoms with van der Waals surface area (Å²) < 4.78 is 0. The lowest BCUT2D eigenvalue weighted by Gasteiger charge is -2.32. The van der Waals surface area contributed by atoms with Crippen molar-refractivity contribution < 1.29 is 0 Å². The molecule has 1 aliphatic rings. The predicted octanol–water partition coefficient (Wildman–Crippen LogP) is 2.86. The summed E-state index contributed by atoms with van der Waals surface area (Å²) in [6, 6.07) is 9.61. The van der Waals surface area contributed by atoms with Gasteiger partial charge in [0.2, 0.25) is 5.95 Å². The van der Waals surface area contributed by atoms with Crippen molar-refractivity contribution >= 4 is 17.6 Å². The molecular formula is C19H21N7. The van der Waals surface area contributed by atoms with Gasteiger partial charge < -0.3 is 10.2 Å². The highest BCUT2D eigenvalue weighted by Gasteiger charge is 2.22. The molecule has 1 aliphatic heterocycles. The fourth-order valence-electron chi connectivity index (χ4n) is 3.31. The normalized spacial score (nSPS) is 17.1. The first-order valence-electron chi connectivity index (χ1n) is 8.88. The molecule has 0 aromatic carbocycles. The molecule has 1 saturated heterocycles. The molecule has 132 valence electrons. The first-order valence-corrected chi connectivity index (χ1v) is 8.88. The third-order valence-corrected chi connectivity index (χ3v) is 4.50. The highest BCUT2D eigenvalue weighted by Crippen LogP contribution is 2.23. The number of anilines is 3. The van der Waals surface area contributed by atoms with Gasteiger partial charge in [-0.2, -0.15) is 0 Å². The van der Waals surface area contributed by atoms with Crippen LogP contribution in [0.5, 0.6) is 0 Å². The van der Waals surface area contributed by atoms with Crippen molar-refractivity contribution in [2.75, 3.05) is 23.3 Å². The van der Waals surface area contributed by atoms with Gasteiger partial charge in [-0.1, -0.05) is 6.07 Å². The van der Waals surface area contributed by atoms with Crippen LogP contribution in [0.1, 0.15) is 18.5 Å². The topological polar surface area (TPSA) is 79.7 Å². The number of nitrogens with one attached hydrogen (secondary N) is 1. The average molecular weight is 347 g/mol. The summed E-state index contributed by atoms with van der Waals surface area (Å²) in [5, 5.41) is 3.22. The monoisotopic (exact) mass is 347 g/mol. The van der Waals surface area contributed by atoms with Crippen LogP contribution in [0.4, 0.5) is 17.6 Å². The molecule has 7 nitrogen and oxygen atoms in total. The van der Waals surface area contributed by atoms with Crippen molar-refractivity contribution in [2.24, 2.45) is 5.92 Å². The van der Waals surface area contributed by atoms with Gasteiger partial charge in [0, 0.05) is 43.4 Å². The first kappa shape index (κ1) is 16.4. The van der Waals surface area contributed by atoms with Gasteiger partial charge in [-0.25, -0.2) is 24.9 Å². The zero-order chi connectivity index (χ0) is 17.6. The Bertz CT molecular complexity index is 826. The lowest BCUT2D eigenvalue weighted by atomic mass is 9.93. The molecule has 3 aromatic rings. The van der Waals surface area contributed by atoms with Gasteiger partial charge >= 0.3 is 0 Å². The van der Waals surface area contributed by atoms with Crippen LogP contribution < -0.4 is 10.2 Å². The summed E-state index contributed by atoms with van der Waals surface area (Å²) in [7, 11) is 0. The molecule has 0 bridgehead atoms. The Balaban J connectivity index is 1.41. The van der Waals surface area contributed by atoms with Crippen LogP contribution >= 0.6 is 0 Å². The van der Waals surface area contributed by atoms with E-state index in [2.05, 4.69) is 35.1 Å². The smallest absolute Gasteiger partial charge is 0.225 e. The quantitative estimate of drug-likeness (QED) is 0.760. The molecule has 0 aliphatic carbocycles. The van der Waals surface area contributed by atoms with Gasteiger partial charge in [0.15, 0.2) is 0 Å². The van der Waals surface area contributed by atoms with Gasteiger partial charge in [0.1, 0.15) is 18.0 Å². The maximum absolute atomic E-state index is 4.45. The van der Waals surface area contributed by atoms with Crippen LogP contribution in [0.15, 0.2) is 55.2 Å². The molecule has 1 atom stereocenters. The van der Waals surface area contributed by atoms with E-state index in [4.69, 9.17) is 0 Å². The zero-order valence-electron chi connectivity index (χ0n) is 14.5. The average Bonchev–Trinajstić information content (AvgIpc) is 2.70. The molecule has 4 heterocycles. The van der Waals surface area contributed by atoms with E-state index < -0.39 is 0 Å². The third kappa shape index (κ3) is 4.11. The Hall–Kier alpha value is -3.09. The summed E-state index contributed by atoms with van der Waals surface area (Å²) in [4.78, 5) is 24.0. The summed E-state index contributed by atoms with van der Waals surface area (Å²) in [6.07, 6.45) is 10.2. The van der Waals surface area contributed by atoms with Crippen molar-refractivity contribution in [3.63, 3.8) is 0 Å². The summed E-state index contributed by atoms with van der Waals surface area (Å²) >= 11 is 0. The van der Waals surface area contributed by atoms with Crippen molar-refractivity contribution in [1.29, 1.82) is 0 Å². The van der Waals surface area contributed by atoms with E-state index >= 15 is 0 Å².